The number of carbonyl (C=O) groups excluding carboxylic acids is 2. The molecule has 0 fully saturated rings. The molecule has 6 heteroatoms. The molecule has 0 heterocycles. The Morgan fingerprint density at radius 1 is 1.00 bits per heavy atom. The first-order valence-corrected chi connectivity index (χ1v) is 8.38. The fourth-order valence-electron chi connectivity index (χ4n) is 2.34. The molecule has 0 bridgehead atoms. The molecule has 1 amide bonds. The number of phenolic OH excluding ortho intramolecular Hbond substituents is 2. The highest BCUT2D eigenvalue weighted by molar-refractivity contribution is 5.98. The number of amides is 1. The molecule has 26 heavy (non-hydrogen) atoms. The maximum Gasteiger partial charge on any atom is 0.224 e. The van der Waals surface area contributed by atoms with Gasteiger partial charge in [0.25, 0.3) is 0 Å². The molecule has 0 aromatic heterocycles. The summed E-state index contributed by atoms with van der Waals surface area (Å²) in [5, 5.41) is 24.7. The molecule has 0 spiro atoms. The van der Waals surface area contributed by atoms with Crippen molar-refractivity contribution in [2.45, 2.75) is 25.8 Å². The second kappa shape index (κ2) is 8.49. The van der Waals surface area contributed by atoms with E-state index in [1.165, 1.54) is 18.2 Å². The summed E-state index contributed by atoms with van der Waals surface area (Å²) in [7, 11) is 0. The SMILES string of the molecule is CC(C)(CNC(=O)Cc1ccccc1)NCC(=O)c1ccc(O)c(O)c1. The Morgan fingerprint density at radius 3 is 2.35 bits per heavy atom. The summed E-state index contributed by atoms with van der Waals surface area (Å²) in [5.74, 6) is -0.899. The molecular formula is C20H24N2O4. The first kappa shape index (κ1) is 19.5. The van der Waals surface area contributed by atoms with Gasteiger partial charge in [-0.2, -0.15) is 0 Å². The van der Waals surface area contributed by atoms with Crippen LogP contribution in [0.25, 0.3) is 0 Å². The standard InChI is InChI=1S/C20H24N2O4/c1-20(2,13-21-19(26)10-14-6-4-3-5-7-14)22-12-18(25)15-8-9-16(23)17(24)11-15/h3-9,11,22-24H,10,12-13H2,1-2H3,(H,21,26). The summed E-state index contributed by atoms with van der Waals surface area (Å²) >= 11 is 0. The van der Waals surface area contributed by atoms with E-state index in [-0.39, 0.29) is 29.7 Å². The van der Waals surface area contributed by atoms with Gasteiger partial charge < -0.3 is 20.8 Å². The number of carbonyl (C=O) groups is 2. The van der Waals surface area contributed by atoms with Gasteiger partial charge in [-0.05, 0) is 37.6 Å². The molecule has 0 aliphatic heterocycles. The quantitative estimate of drug-likeness (QED) is 0.428. The van der Waals surface area contributed by atoms with Crippen molar-refractivity contribution in [2.24, 2.45) is 0 Å². The van der Waals surface area contributed by atoms with Gasteiger partial charge in [0.05, 0.1) is 13.0 Å². The second-order valence-corrected chi connectivity index (χ2v) is 6.80. The van der Waals surface area contributed by atoms with E-state index in [2.05, 4.69) is 10.6 Å². The summed E-state index contributed by atoms with van der Waals surface area (Å²) in [5.41, 5.74) is 0.760. The van der Waals surface area contributed by atoms with Crippen molar-refractivity contribution in [3.8, 4) is 11.5 Å². The first-order valence-electron chi connectivity index (χ1n) is 8.38. The number of rotatable bonds is 8. The number of phenols is 2. The van der Waals surface area contributed by atoms with E-state index in [9.17, 15) is 19.8 Å². The molecule has 0 aliphatic rings. The molecular weight excluding hydrogens is 332 g/mol. The number of Topliss-reactive ketones (excluding diaryl/α,β-unsaturated/α-hetero) is 1. The van der Waals surface area contributed by atoms with E-state index in [1.54, 1.807) is 0 Å². The van der Waals surface area contributed by atoms with Crippen molar-refractivity contribution in [3.63, 3.8) is 0 Å². The third kappa shape index (κ3) is 5.89. The first-order chi connectivity index (χ1) is 12.3. The van der Waals surface area contributed by atoms with Crippen LogP contribution in [-0.2, 0) is 11.2 Å². The van der Waals surface area contributed by atoms with Crippen LogP contribution < -0.4 is 10.6 Å². The average Bonchev–Trinajstić information content (AvgIpc) is 2.61. The Hall–Kier alpha value is -2.86. The Bertz CT molecular complexity index is 773. The number of hydrogen-bond acceptors (Lipinski definition) is 5. The summed E-state index contributed by atoms with van der Waals surface area (Å²) < 4.78 is 0. The van der Waals surface area contributed by atoms with E-state index in [0.29, 0.717) is 18.5 Å². The smallest absolute Gasteiger partial charge is 0.224 e. The van der Waals surface area contributed by atoms with Crippen LogP contribution in [0.4, 0.5) is 0 Å². The minimum absolute atomic E-state index is 0.0474. The fourth-order valence-corrected chi connectivity index (χ4v) is 2.34. The Balaban J connectivity index is 1.81. The van der Waals surface area contributed by atoms with Crippen LogP contribution in [0.2, 0.25) is 0 Å². The molecule has 138 valence electrons. The van der Waals surface area contributed by atoms with Gasteiger partial charge in [-0.25, -0.2) is 0 Å². The van der Waals surface area contributed by atoms with E-state index in [4.69, 9.17) is 0 Å². The van der Waals surface area contributed by atoms with Gasteiger partial charge in [0.1, 0.15) is 0 Å². The van der Waals surface area contributed by atoms with Gasteiger partial charge in [0.2, 0.25) is 5.91 Å². The zero-order valence-electron chi connectivity index (χ0n) is 15.0. The fraction of sp³-hybridized carbons (Fsp3) is 0.300. The Labute approximate surface area is 152 Å². The van der Waals surface area contributed by atoms with Crippen molar-refractivity contribution in [2.75, 3.05) is 13.1 Å². The van der Waals surface area contributed by atoms with Crippen LogP contribution in [0.3, 0.4) is 0 Å². The third-order valence-electron chi connectivity index (χ3n) is 3.96. The molecule has 0 unspecified atom stereocenters. The van der Waals surface area contributed by atoms with Crippen LogP contribution in [0.15, 0.2) is 48.5 Å². The molecule has 2 aromatic rings. The van der Waals surface area contributed by atoms with E-state index in [1.807, 2.05) is 44.2 Å². The van der Waals surface area contributed by atoms with Gasteiger partial charge >= 0.3 is 0 Å². The maximum absolute atomic E-state index is 12.2. The molecule has 4 N–H and O–H groups in total. The predicted molar refractivity (Wildman–Crippen MR) is 99.3 cm³/mol. The van der Waals surface area contributed by atoms with Crippen LogP contribution in [-0.4, -0.2) is 40.5 Å². The van der Waals surface area contributed by atoms with Gasteiger partial charge in [-0.15, -0.1) is 0 Å². The number of benzene rings is 2. The van der Waals surface area contributed by atoms with Gasteiger partial charge in [-0.3, -0.25) is 9.59 Å². The van der Waals surface area contributed by atoms with Crippen molar-refractivity contribution in [1.82, 2.24) is 10.6 Å². The molecule has 6 nitrogen and oxygen atoms in total. The highest BCUT2D eigenvalue weighted by atomic mass is 16.3. The largest absolute Gasteiger partial charge is 0.504 e. The van der Waals surface area contributed by atoms with Crippen molar-refractivity contribution in [3.05, 3.63) is 59.7 Å². The minimum atomic E-state index is -0.485. The lowest BCUT2D eigenvalue weighted by Crippen LogP contribution is -2.50. The lowest BCUT2D eigenvalue weighted by Gasteiger charge is -2.26. The summed E-state index contributed by atoms with van der Waals surface area (Å²) in [6.45, 7) is 4.19. The highest BCUT2D eigenvalue weighted by Gasteiger charge is 2.20. The maximum atomic E-state index is 12.2. The molecule has 2 rings (SSSR count). The average molecular weight is 356 g/mol. The predicted octanol–water partition coefficient (Wildman–Crippen LogP) is 2.01. The lowest BCUT2D eigenvalue weighted by molar-refractivity contribution is -0.120. The second-order valence-electron chi connectivity index (χ2n) is 6.80. The van der Waals surface area contributed by atoms with Gasteiger partial charge in [0, 0.05) is 17.6 Å². The Kier molecular flexibility index (Phi) is 6.36. The summed E-state index contributed by atoms with van der Waals surface area (Å²) in [6.07, 6.45) is 0.308. The number of aromatic hydroxyl groups is 2. The zero-order chi connectivity index (χ0) is 19.2. The van der Waals surface area contributed by atoms with Gasteiger partial charge in [-0.1, -0.05) is 30.3 Å². The number of nitrogens with one attached hydrogen (secondary N) is 2. The Morgan fingerprint density at radius 2 is 1.69 bits per heavy atom. The minimum Gasteiger partial charge on any atom is -0.504 e. The van der Waals surface area contributed by atoms with Crippen LogP contribution in [0, 0.1) is 0 Å². The highest BCUT2D eigenvalue weighted by Crippen LogP contribution is 2.24. The third-order valence-corrected chi connectivity index (χ3v) is 3.96. The molecule has 0 radical (unpaired) electrons. The van der Waals surface area contributed by atoms with Gasteiger partial charge in [0.15, 0.2) is 17.3 Å². The van der Waals surface area contributed by atoms with Crippen LogP contribution in [0.5, 0.6) is 11.5 Å². The zero-order valence-corrected chi connectivity index (χ0v) is 15.0. The molecule has 0 saturated heterocycles. The monoisotopic (exact) mass is 356 g/mol. The lowest BCUT2D eigenvalue weighted by atomic mass is 10.0. The summed E-state index contributed by atoms with van der Waals surface area (Å²) in [6, 6.07) is 13.4. The normalized spacial score (nSPS) is 11.2. The molecule has 0 atom stereocenters. The van der Waals surface area contributed by atoms with E-state index in [0.717, 1.165) is 5.56 Å². The summed E-state index contributed by atoms with van der Waals surface area (Å²) in [4.78, 5) is 24.2. The van der Waals surface area contributed by atoms with Crippen molar-refractivity contribution < 1.29 is 19.8 Å². The van der Waals surface area contributed by atoms with Crippen molar-refractivity contribution in [1.29, 1.82) is 0 Å². The molecule has 0 saturated carbocycles. The number of ketones is 1. The molecule has 2 aromatic carbocycles. The van der Waals surface area contributed by atoms with Crippen LogP contribution >= 0.6 is 0 Å². The van der Waals surface area contributed by atoms with Crippen molar-refractivity contribution >= 4 is 11.7 Å². The van der Waals surface area contributed by atoms with Crippen LogP contribution in [0.1, 0.15) is 29.8 Å². The van der Waals surface area contributed by atoms with E-state index >= 15 is 0 Å². The molecule has 0 aliphatic carbocycles. The number of hydrogen-bond donors (Lipinski definition) is 4. The van der Waals surface area contributed by atoms with E-state index < -0.39 is 5.54 Å². The topological polar surface area (TPSA) is 98.7 Å².